The zero-order valence-corrected chi connectivity index (χ0v) is 13.5. The molecule has 0 heterocycles. The van der Waals surface area contributed by atoms with Gasteiger partial charge in [-0.05, 0) is 44.5 Å². The summed E-state index contributed by atoms with van der Waals surface area (Å²) in [7, 11) is -3.39. The van der Waals surface area contributed by atoms with Crippen LogP contribution in [0.4, 0.5) is 5.69 Å². The van der Waals surface area contributed by atoms with Crippen LogP contribution in [0.15, 0.2) is 29.2 Å². The van der Waals surface area contributed by atoms with E-state index < -0.39 is 10.0 Å². The summed E-state index contributed by atoms with van der Waals surface area (Å²) in [5.74, 6) is 0. The third-order valence-electron chi connectivity index (χ3n) is 2.91. The van der Waals surface area contributed by atoms with Gasteiger partial charge in [-0.15, -0.1) is 0 Å². The molecule has 0 saturated heterocycles. The summed E-state index contributed by atoms with van der Waals surface area (Å²) in [6.07, 6.45) is 4.87. The molecule has 0 atom stereocenters. The van der Waals surface area contributed by atoms with Gasteiger partial charge in [-0.3, -0.25) is 0 Å². The molecular formula is C15H26N2O2S. The summed E-state index contributed by atoms with van der Waals surface area (Å²) in [5, 5.41) is 3.31. The molecule has 0 aliphatic heterocycles. The molecule has 0 aliphatic carbocycles. The smallest absolute Gasteiger partial charge is 0.240 e. The first-order chi connectivity index (χ1) is 9.45. The first-order valence-electron chi connectivity index (χ1n) is 7.32. The quantitative estimate of drug-likeness (QED) is 0.687. The van der Waals surface area contributed by atoms with E-state index in [0.717, 1.165) is 18.7 Å². The molecule has 0 aromatic heterocycles. The Hall–Kier alpha value is -1.07. The van der Waals surface area contributed by atoms with E-state index in [1.165, 1.54) is 19.3 Å². The molecule has 0 saturated carbocycles. The predicted molar refractivity (Wildman–Crippen MR) is 84.5 cm³/mol. The number of sulfonamides is 1. The van der Waals surface area contributed by atoms with Gasteiger partial charge in [0.2, 0.25) is 10.0 Å². The van der Waals surface area contributed by atoms with Crippen molar-refractivity contribution in [1.82, 2.24) is 4.72 Å². The third-order valence-corrected chi connectivity index (χ3v) is 4.59. The van der Waals surface area contributed by atoms with Gasteiger partial charge in [0.15, 0.2) is 0 Å². The Bertz CT molecular complexity index is 481. The summed E-state index contributed by atoms with van der Waals surface area (Å²) >= 11 is 0. The van der Waals surface area contributed by atoms with Crippen LogP contribution in [0.1, 0.15) is 46.5 Å². The number of benzene rings is 1. The largest absolute Gasteiger partial charge is 0.385 e. The second kappa shape index (κ2) is 8.27. The highest BCUT2D eigenvalue weighted by atomic mass is 32.2. The van der Waals surface area contributed by atoms with Crippen LogP contribution in [0.3, 0.4) is 0 Å². The number of rotatable bonds is 9. The second-order valence-electron chi connectivity index (χ2n) is 5.29. The van der Waals surface area contributed by atoms with Gasteiger partial charge in [0.1, 0.15) is 0 Å². The molecule has 0 amide bonds. The summed E-state index contributed by atoms with van der Waals surface area (Å²) in [6, 6.07) is 6.80. The monoisotopic (exact) mass is 298 g/mol. The molecule has 4 nitrogen and oxygen atoms in total. The third kappa shape index (κ3) is 5.92. The molecule has 1 aromatic rings. The van der Waals surface area contributed by atoms with Gasteiger partial charge < -0.3 is 5.32 Å². The fraction of sp³-hybridized carbons (Fsp3) is 0.600. The SMILES string of the molecule is CCCCCCNc1ccc(S(=O)(=O)NC(C)C)cc1. The van der Waals surface area contributed by atoms with E-state index in [0.29, 0.717) is 4.90 Å². The molecule has 0 fully saturated rings. The first kappa shape index (κ1) is 17.0. The van der Waals surface area contributed by atoms with E-state index in [2.05, 4.69) is 17.0 Å². The van der Waals surface area contributed by atoms with Crippen molar-refractivity contribution < 1.29 is 8.42 Å². The number of nitrogens with one attached hydrogen (secondary N) is 2. The zero-order chi connectivity index (χ0) is 15.0. The van der Waals surface area contributed by atoms with Gasteiger partial charge in [-0.1, -0.05) is 26.2 Å². The summed E-state index contributed by atoms with van der Waals surface area (Å²) in [5.41, 5.74) is 0.963. The minimum Gasteiger partial charge on any atom is -0.385 e. The van der Waals surface area contributed by atoms with Crippen LogP contribution >= 0.6 is 0 Å². The Kier molecular flexibility index (Phi) is 7.02. The predicted octanol–water partition coefficient (Wildman–Crippen LogP) is 3.37. The van der Waals surface area contributed by atoms with E-state index in [1.807, 2.05) is 26.0 Å². The van der Waals surface area contributed by atoms with Crippen molar-refractivity contribution in [2.75, 3.05) is 11.9 Å². The maximum absolute atomic E-state index is 12.0. The van der Waals surface area contributed by atoms with E-state index in [4.69, 9.17) is 0 Å². The average molecular weight is 298 g/mol. The van der Waals surface area contributed by atoms with Gasteiger partial charge in [0.05, 0.1) is 4.90 Å². The van der Waals surface area contributed by atoms with Gasteiger partial charge in [0, 0.05) is 18.3 Å². The number of hydrogen-bond donors (Lipinski definition) is 2. The molecule has 0 spiro atoms. The van der Waals surface area contributed by atoms with E-state index in [-0.39, 0.29) is 6.04 Å². The summed E-state index contributed by atoms with van der Waals surface area (Å²) in [6.45, 7) is 6.74. The fourth-order valence-corrected chi connectivity index (χ4v) is 3.17. The summed E-state index contributed by atoms with van der Waals surface area (Å²) in [4.78, 5) is 0.308. The second-order valence-corrected chi connectivity index (χ2v) is 7.00. The van der Waals surface area contributed by atoms with Crippen LogP contribution in [0.2, 0.25) is 0 Å². The topological polar surface area (TPSA) is 58.2 Å². The molecule has 1 aromatic carbocycles. The Morgan fingerprint density at radius 3 is 2.25 bits per heavy atom. The maximum atomic E-state index is 12.0. The molecule has 0 bridgehead atoms. The minimum absolute atomic E-state index is 0.101. The van der Waals surface area contributed by atoms with Crippen LogP contribution in [0.25, 0.3) is 0 Å². The number of unbranched alkanes of at least 4 members (excludes halogenated alkanes) is 3. The Morgan fingerprint density at radius 2 is 1.70 bits per heavy atom. The molecule has 5 heteroatoms. The number of hydrogen-bond acceptors (Lipinski definition) is 3. The van der Waals surface area contributed by atoms with Crippen molar-refractivity contribution in [3.8, 4) is 0 Å². The molecule has 0 unspecified atom stereocenters. The van der Waals surface area contributed by atoms with Crippen LogP contribution in [-0.4, -0.2) is 21.0 Å². The average Bonchev–Trinajstić information content (AvgIpc) is 2.37. The van der Waals surface area contributed by atoms with Crippen molar-refractivity contribution in [3.63, 3.8) is 0 Å². The van der Waals surface area contributed by atoms with Crippen molar-refractivity contribution >= 4 is 15.7 Å². The molecule has 1 rings (SSSR count). The minimum atomic E-state index is -3.39. The lowest BCUT2D eigenvalue weighted by Crippen LogP contribution is -2.30. The van der Waals surface area contributed by atoms with Crippen molar-refractivity contribution in [1.29, 1.82) is 0 Å². The standard InChI is InChI=1S/C15H26N2O2S/c1-4-5-6-7-12-16-14-8-10-15(11-9-14)20(18,19)17-13(2)3/h8-11,13,16-17H,4-7,12H2,1-3H3. The Balaban J connectivity index is 2.52. The normalized spacial score (nSPS) is 11.8. The Morgan fingerprint density at radius 1 is 1.05 bits per heavy atom. The van der Waals surface area contributed by atoms with Crippen molar-refractivity contribution in [2.24, 2.45) is 0 Å². The van der Waals surface area contributed by atoms with E-state index >= 15 is 0 Å². The van der Waals surface area contributed by atoms with E-state index in [1.54, 1.807) is 12.1 Å². The van der Waals surface area contributed by atoms with Crippen LogP contribution in [0, 0.1) is 0 Å². The number of anilines is 1. The summed E-state index contributed by atoms with van der Waals surface area (Å²) < 4.78 is 26.5. The van der Waals surface area contributed by atoms with Gasteiger partial charge >= 0.3 is 0 Å². The zero-order valence-electron chi connectivity index (χ0n) is 12.6. The van der Waals surface area contributed by atoms with Gasteiger partial charge in [0.25, 0.3) is 0 Å². The molecular weight excluding hydrogens is 272 g/mol. The van der Waals surface area contributed by atoms with Crippen LogP contribution in [0.5, 0.6) is 0 Å². The van der Waals surface area contributed by atoms with Crippen LogP contribution in [-0.2, 0) is 10.0 Å². The van der Waals surface area contributed by atoms with E-state index in [9.17, 15) is 8.42 Å². The lowest BCUT2D eigenvalue weighted by Gasteiger charge is -2.11. The molecule has 0 radical (unpaired) electrons. The fourth-order valence-electron chi connectivity index (χ4n) is 1.91. The lowest BCUT2D eigenvalue weighted by atomic mass is 10.2. The highest BCUT2D eigenvalue weighted by molar-refractivity contribution is 7.89. The van der Waals surface area contributed by atoms with Gasteiger partial charge in [-0.25, -0.2) is 13.1 Å². The van der Waals surface area contributed by atoms with Gasteiger partial charge in [-0.2, -0.15) is 0 Å². The van der Waals surface area contributed by atoms with Crippen LogP contribution < -0.4 is 10.0 Å². The first-order valence-corrected chi connectivity index (χ1v) is 8.80. The highest BCUT2D eigenvalue weighted by Crippen LogP contribution is 2.14. The van der Waals surface area contributed by atoms with Crippen molar-refractivity contribution in [3.05, 3.63) is 24.3 Å². The van der Waals surface area contributed by atoms with Crippen molar-refractivity contribution in [2.45, 2.75) is 57.4 Å². The highest BCUT2D eigenvalue weighted by Gasteiger charge is 2.14. The molecule has 2 N–H and O–H groups in total. The molecule has 20 heavy (non-hydrogen) atoms. The lowest BCUT2D eigenvalue weighted by molar-refractivity contribution is 0.570. The molecule has 114 valence electrons. The molecule has 0 aliphatic rings. The Labute approximate surface area is 123 Å². The maximum Gasteiger partial charge on any atom is 0.240 e.